The molecular formula is C24H32NO5P. The Labute approximate surface area is 184 Å². The highest BCUT2D eigenvalue weighted by molar-refractivity contribution is 7.47. The van der Waals surface area contributed by atoms with Gasteiger partial charge in [0.15, 0.2) is 0 Å². The number of phosphoric ester groups is 1. The van der Waals surface area contributed by atoms with Crippen LogP contribution in [0.15, 0.2) is 60.7 Å². The van der Waals surface area contributed by atoms with E-state index >= 15 is 0 Å². The van der Waals surface area contributed by atoms with Crippen LogP contribution in [0.3, 0.4) is 0 Å². The third-order valence-corrected chi connectivity index (χ3v) is 7.12. The third kappa shape index (κ3) is 6.75. The van der Waals surface area contributed by atoms with E-state index in [-0.39, 0.29) is 24.0 Å². The van der Waals surface area contributed by atoms with Gasteiger partial charge in [0.2, 0.25) is 5.91 Å². The molecule has 0 radical (unpaired) electrons. The summed E-state index contributed by atoms with van der Waals surface area (Å²) in [5.74, 6) is -0.337. The molecule has 0 bridgehead atoms. The number of hydrogen-bond donors (Lipinski definition) is 2. The number of carbonyl (C=O) groups is 1. The Balaban J connectivity index is 1.55. The first-order valence-corrected chi connectivity index (χ1v) is 12.5. The lowest BCUT2D eigenvalue weighted by Crippen LogP contribution is -2.35. The zero-order valence-corrected chi connectivity index (χ0v) is 18.7. The van der Waals surface area contributed by atoms with E-state index in [9.17, 15) is 14.3 Å². The minimum absolute atomic E-state index is 0.122. The molecule has 0 aliphatic heterocycles. The normalized spacial score (nSPS) is 18.4. The quantitative estimate of drug-likeness (QED) is 0.371. The molecule has 1 unspecified atom stereocenters. The average molecular weight is 445 g/mol. The maximum atomic E-state index is 12.4. The fourth-order valence-electron chi connectivity index (χ4n) is 4.42. The monoisotopic (exact) mass is 445 g/mol. The maximum absolute atomic E-state index is 12.4. The molecule has 3 N–H and O–H groups in total. The second-order valence-electron chi connectivity index (χ2n) is 8.20. The van der Waals surface area contributed by atoms with Gasteiger partial charge in [0.25, 0.3) is 0 Å². The van der Waals surface area contributed by atoms with Crippen molar-refractivity contribution in [2.24, 2.45) is 5.73 Å². The first-order valence-electron chi connectivity index (χ1n) is 11.0. The zero-order valence-electron chi connectivity index (χ0n) is 17.8. The molecule has 1 atom stereocenters. The third-order valence-electron chi connectivity index (χ3n) is 6.04. The van der Waals surface area contributed by atoms with Crippen LogP contribution in [0.1, 0.15) is 62.5 Å². The summed E-state index contributed by atoms with van der Waals surface area (Å²) >= 11 is 0. The molecule has 0 spiro atoms. The van der Waals surface area contributed by atoms with Gasteiger partial charge < -0.3 is 10.6 Å². The Kier molecular flexibility index (Phi) is 8.44. The van der Waals surface area contributed by atoms with Crippen molar-refractivity contribution < 1.29 is 23.3 Å². The van der Waals surface area contributed by atoms with Crippen LogP contribution >= 0.6 is 7.82 Å². The Morgan fingerprint density at radius 1 is 0.968 bits per heavy atom. The van der Waals surface area contributed by atoms with E-state index in [1.165, 1.54) is 11.1 Å². The van der Waals surface area contributed by atoms with Gasteiger partial charge in [0.05, 0.1) is 12.7 Å². The van der Waals surface area contributed by atoms with E-state index in [0.29, 0.717) is 38.5 Å². The first kappa shape index (κ1) is 23.7. The molecule has 168 valence electrons. The lowest BCUT2D eigenvalue weighted by Gasteiger charge is -2.41. The molecule has 0 heterocycles. The number of nitrogens with two attached hydrogens (primary N) is 1. The Bertz CT molecular complexity index is 825. The summed E-state index contributed by atoms with van der Waals surface area (Å²) < 4.78 is 23.0. The molecule has 0 aromatic heterocycles. The molecule has 1 amide bonds. The zero-order chi connectivity index (χ0) is 22.2. The standard InChI is InChI=1S/C24H32NO5P/c25-23(26)14-8-3-9-19-29-31(27,28)30-22-15-17-24(18-16-22,20-10-4-1-5-11-20)21-12-6-2-7-13-21/h1-2,4-7,10-13,22H,3,8-9,14-19H2,(H2,25,26)(H,27,28). The second-order valence-corrected chi connectivity index (χ2v) is 9.60. The predicted octanol–water partition coefficient (Wildman–Crippen LogP) is 5.09. The number of hydrogen-bond acceptors (Lipinski definition) is 4. The number of phosphoric acid groups is 1. The molecule has 1 saturated carbocycles. The van der Waals surface area contributed by atoms with E-state index in [4.69, 9.17) is 14.8 Å². The molecule has 1 aliphatic carbocycles. The Morgan fingerprint density at radius 2 is 1.52 bits per heavy atom. The number of rotatable bonds is 11. The summed E-state index contributed by atoms with van der Waals surface area (Å²) in [6.07, 6.45) is 4.97. The van der Waals surface area contributed by atoms with Gasteiger partial charge in [-0.3, -0.25) is 13.8 Å². The van der Waals surface area contributed by atoms with Gasteiger partial charge in [0.1, 0.15) is 0 Å². The maximum Gasteiger partial charge on any atom is 0.472 e. The summed E-state index contributed by atoms with van der Waals surface area (Å²) in [7, 11) is -4.11. The topological polar surface area (TPSA) is 98.9 Å². The van der Waals surface area contributed by atoms with E-state index in [2.05, 4.69) is 48.5 Å². The van der Waals surface area contributed by atoms with Gasteiger partial charge in [-0.05, 0) is 49.7 Å². The predicted molar refractivity (Wildman–Crippen MR) is 120 cm³/mol. The van der Waals surface area contributed by atoms with Gasteiger partial charge in [-0.25, -0.2) is 4.57 Å². The molecule has 2 aromatic rings. The van der Waals surface area contributed by atoms with Crippen LogP contribution in [-0.4, -0.2) is 23.5 Å². The van der Waals surface area contributed by atoms with Crippen molar-refractivity contribution in [2.45, 2.75) is 62.9 Å². The van der Waals surface area contributed by atoms with E-state index in [1.54, 1.807) is 0 Å². The molecule has 1 fully saturated rings. The smallest absolute Gasteiger partial charge is 0.370 e. The second kappa shape index (κ2) is 11.1. The van der Waals surface area contributed by atoms with Gasteiger partial charge >= 0.3 is 7.82 Å². The van der Waals surface area contributed by atoms with Crippen molar-refractivity contribution >= 4 is 13.7 Å². The highest BCUT2D eigenvalue weighted by atomic mass is 31.2. The SMILES string of the molecule is NC(=O)CCCCCOP(=O)(O)OC1CCC(c2ccccc2)(c2ccccc2)CC1. The number of unbranched alkanes of at least 4 members (excludes halogenated alkanes) is 2. The van der Waals surface area contributed by atoms with Crippen LogP contribution in [0.25, 0.3) is 0 Å². The van der Waals surface area contributed by atoms with Crippen molar-refractivity contribution in [1.29, 1.82) is 0 Å². The van der Waals surface area contributed by atoms with E-state index in [1.807, 2.05) is 12.1 Å². The summed E-state index contributed by atoms with van der Waals surface area (Å²) in [5.41, 5.74) is 7.50. The summed E-state index contributed by atoms with van der Waals surface area (Å²) in [6, 6.07) is 20.9. The summed E-state index contributed by atoms with van der Waals surface area (Å²) in [5, 5.41) is 0. The summed E-state index contributed by atoms with van der Waals surface area (Å²) in [6.45, 7) is 0.122. The van der Waals surface area contributed by atoms with Crippen molar-refractivity contribution in [1.82, 2.24) is 0 Å². The Hall–Kier alpha value is -1.98. The van der Waals surface area contributed by atoms with Gasteiger partial charge in [-0.15, -0.1) is 0 Å². The highest BCUT2D eigenvalue weighted by Crippen LogP contribution is 2.51. The summed E-state index contributed by atoms with van der Waals surface area (Å²) in [4.78, 5) is 20.8. The molecular weight excluding hydrogens is 413 g/mol. The number of benzene rings is 2. The number of primary amides is 1. The Morgan fingerprint density at radius 3 is 2.03 bits per heavy atom. The van der Waals surface area contributed by atoms with Crippen LogP contribution in [0.5, 0.6) is 0 Å². The van der Waals surface area contributed by atoms with E-state index in [0.717, 1.165) is 12.8 Å². The lowest BCUT2D eigenvalue weighted by atomic mass is 9.65. The van der Waals surface area contributed by atoms with Crippen molar-refractivity contribution in [3.05, 3.63) is 71.8 Å². The largest absolute Gasteiger partial charge is 0.472 e. The number of amides is 1. The molecule has 0 saturated heterocycles. The minimum Gasteiger partial charge on any atom is -0.370 e. The fourth-order valence-corrected chi connectivity index (χ4v) is 5.43. The molecule has 1 aliphatic rings. The van der Waals surface area contributed by atoms with Crippen LogP contribution in [0.2, 0.25) is 0 Å². The molecule has 31 heavy (non-hydrogen) atoms. The van der Waals surface area contributed by atoms with Crippen molar-refractivity contribution in [3.8, 4) is 0 Å². The average Bonchev–Trinajstić information content (AvgIpc) is 2.77. The molecule has 3 rings (SSSR count). The van der Waals surface area contributed by atoms with Crippen LogP contribution in [0.4, 0.5) is 0 Å². The fraction of sp³-hybridized carbons (Fsp3) is 0.458. The van der Waals surface area contributed by atoms with Crippen LogP contribution in [-0.2, 0) is 23.8 Å². The highest BCUT2D eigenvalue weighted by Gasteiger charge is 2.40. The molecule has 6 nitrogen and oxygen atoms in total. The molecule has 2 aromatic carbocycles. The molecule has 7 heteroatoms. The van der Waals surface area contributed by atoms with Crippen molar-refractivity contribution in [2.75, 3.05) is 6.61 Å². The van der Waals surface area contributed by atoms with Gasteiger partial charge in [0, 0.05) is 11.8 Å². The van der Waals surface area contributed by atoms with Crippen LogP contribution < -0.4 is 5.73 Å². The van der Waals surface area contributed by atoms with Gasteiger partial charge in [-0.2, -0.15) is 0 Å². The van der Waals surface area contributed by atoms with Crippen molar-refractivity contribution in [3.63, 3.8) is 0 Å². The first-order chi connectivity index (χ1) is 14.9. The number of carbonyl (C=O) groups excluding carboxylic acids is 1. The van der Waals surface area contributed by atoms with Crippen LogP contribution in [0, 0.1) is 0 Å². The van der Waals surface area contributed by atoms with Gasteiger partial charge in [-0.1, -0.05) is 67.1 Å². The minimum atomic E-state index is -4.11. The van der Waals surface area contributed by atoms with E-state index < -0.39 is 7.82 Å². The lowest BCUT2D eigenvalue weighted by molar-refractivity contribution is -0.118.